The highest BCUT2D eigenvalue weighted by Gasteiger charge is 2.12. The van der Waals surface area contributed by atoms with Crippen molar-refractivity contribution in [2.24, 2.45) is 0 Å². The zero-order valence-electron chi connectivity index (χ0n) is 6.90. The summed E-state index contributed by atoms with van der Waals surface area (Å²) >= 11 is 1.08. The number of thioether (sulfide) groups is 1. The van der Waals surface area contributed by atoms with Crippen molar-refractivity contribution in [3.8, 4) is 0 Å². The minimum absolute atomic E-state index is 0.424. The molecule has 1 aromatic rings. The fraction of sp³-hybridized carbons (Fsp3) is 0.250. The molecular formula is C8H8FNO2S. The molecule has 0 saturated carbocycles. The number of halogens is 1. The smallest absolute Gasteiger partial charge is 0.316 e. The van der Waals surface area contributed by atoms with Gasteiger partial charge in [-0.2, -0.15) is 0 Å². The number of hydrogen-bond donors (Lipinski definition) is 1. The van der Waals surface area contributed by atoms with Crippen molar-refractivity contribution in [3.05, 3.63) is 24.1 Å². The molecule has 5 heteroatoms. The van der Waals surface area contributed by atoms with Crippen LogP contribution in [-0.4, -0.2) is 21.3 Å². The number of aliphatic carboxylic acids is 1. The van der Waals surface area contributed by atoms with Crippen LogP contribution in [0.4, 0.5) is 4.39 Å². The van der Waals surface area contributed by atoms with E-state index in [1.165, 1.54) is 12.1 Å². The van der Waals surface area contributed by atoms with Crippen molar-refractivity contribution in [3.63, 3.8) is 0 Å². The largest absolute Gasteiger partial charge is 0.480 e. The third-order valence-corrected chi connectivity index (χ3v) is 2.38. The predicted octanol–water partition coefficient (Wildman–Crippen LogP) is 1.79. The Bertz CT molecular complexity index is 302. The van der Waals surface area contributed by atoms with Gasteiger partial charge >= 0.3 is 5.97 Å². The van der Waals surface area contributed by atoms with Gasteiger partial charge in [-0.15, -0.1) is 0 Å². The first-order valence-corrected chi connectivity index (χ1v) is 4.48. The number of carboxylic acid groups (broad SMARTS) is 1. The Kier molecular flexibility index (Phi) is 3.25. The fourth-order valence-electron chi connectivity index (χ4n) is 0.663. The molecule has 0 amide bonds. The van der Waals surface area contributed by atoms with Gasteiger partial charge in [0.25, 0.3) is 0 Å². The normalized spacial score (nSPS) is 12.5. The van der Waals surface area contributed by atoms with E-state index in [0.29, 0.717) is 5.03 Å². The Labute approximate surface area is 79.0 Å². The molecule has 70 valence electrons. The molecule has 1 aromatic heterocycles. The lowest BCUT2D eigenvalue weighted by molar-refractivity contribution is -0.136. The van der Waals surface area contributed by atoms with Crippen LogP contribution in [0.15, 0.2) is 23.4 Å². The summed E-state index contributed by atoms with van der Waals surface area (Å²) in [7, 11) is 0. The second-order valence-corrected chi connectivity index (χ2v) is 3.77. The maximum absolute atomic E-state index is 12.4. The lowest BCUT2D eigenvalue weighted by Gasteiger charge is -2.03. The van der Waals surface area contributed by atoms with Gasteiger partial charge in [-0.1, -0.05) is 11.8 Å². The number of aromatic nitrogens is 1. The maximum Gasteiger partial charge on any atom is 0.316 e. The van der Waals surface area contributed by atoms with Crippen LogP contribution in [0.2, 0.25) is 0 Å². The molecule has 0 aliphatic rings. The molecule has 13 heavy (non-hydrogen) atoms. The van der Waals surface area contributed by atoms with Crippen molar-refractivity contribution in [1.29, 1.82) is 0 Å². The topological polar surface area (TPSA) is 50.2 Å². The Balaban J connectivity index is 2.64. The second kappa shape index (κ2) is 4.23. The minimum atomic E-state index is -0.906. The van der Waals surface area contributed by atoms with E-state index in [1.54, 1.807) is 6.92 Å². The summed E-state index contributed by atoms with van der Waals surface area (Å²) in [6, 6.07) is 2.71. The van der Waals surface area contributed by atoms with Crippen LogP contribution in [-0.2, 0) is 4.79 Å². The molecule has 3 nitrogen and oxygen atoms in total. The third kappa shape index (κ3) is 3.02. The number of nitrogens with zero attached hydrogens (tertiary/aromatic N) is 1. The molecule has 0 radical (unpaired) electrons. The first kappa shape index (κ1) is 9.98. The molecule has 0 aliphatic heterocycles. The summed E-state index contributed by atoms with van der Waals surface area (Å²) < 4.78 is 12.4. The van der Waals surface area contributed by atoms with Gasteiger partial charge in [-0.3, -0.25) is 4.79 Å². The van der Waals surface area contributed by atoms with E-state index in [9.17, 15) is 9.18 Å². The van der Waals surface area contributed by atoms with Crippen LogP contribution < -0.4 is 0 Å². The van der Waals surface area contributed by atoms with Crippen LogP contribution in [0.5, 0.6) is 0 Å². The summed E-state index contributed by atoms with van der Waals surface area (Å²) in [4.78, 5) is 14.2. The summed E-state index contributed by atoms with van der Waals surface area (Å²) in [6.07, 6.45) is 1.07. The Hall–Kier alpha value is -1.10. The molecule has 1 N–H and O–H groups in total. The van der Waals surface area contributed by atoms with Crippen LogP contribution in [0.1, 0.15) is 6.92 Å². The zero-order chi connectivity index (χ0) is 9.84. The van der Waals surface area contributed by atoms with E-state index in [-0.39, 0.29) is 0 Å². The van der Waals surface area contributed by atoms with Crippen molar-refractivity contribution in [2.75, 3.05) is 0 Å². The molecule has 0 fully saturated rings. The summed E-state index contributed by atoms with van der Waals surface area (Å²) in [5.41, 5.74) is 0. The standard InChI is InChI=1S/C8H8FNO2S/c1-5(8(11)12)13-7-3-2-6(9)4-10-7/h2-5H,1H3,(H,11,12). The van der Waals surface area contributed by atoms with Crippen molar-refractivity contribution in [2.45, 2.75) is 17.2 Å². The monoisotopic (exact) mass is 201 g/mol. The molecule has 0 spiro atoms. The lowest BCUT2D eigenvalue weighted by atomic mass is 10.5. The van der Waals surface area contributed by atoms with Crippen LogP contribution in [0.25, 0.3) is 0 Å². The van der Waals surface area contributed by atoms with Gasteiger partial charge < -0.3 is 5.11 Å². The van der Waals surface area contributed by atoms with E-state index in [0.717, 1.165) is 18.0 Å². The third-order valence-electron chi connectivity index (χ3n) is 1.35. The molecule has 0 aromatic carbocycles. The quantitative estimate of drug-likeness (QED) is 0.757. The Morgan fingerprint density at radius 3 is 2.85 bits per heavy atom. The molecule has 0 saturated heterocycles. The SMILES string of the molecule is CC(Sc1ccc(F)cn1)C(=O)O. The highest BCUT2D eigenvalue weighted by Crippen LogP contribution is 2.20. The maximum atomic E-state index is 12.4. The van der Waals surface area contributed by atoms with Crippen LogP contribution in [0.3, 0.4) is 0 Å². The lowest BCUT2D eigenvalue weighted by Crippen LogP contribution is -2.11. The Morgan fingerprint density at radius 2 is 2.38 bits per heavy atom. The van der Waals surface area contributed by atoms with Gasteiger partial charge in [0.1, 0.15) is 11.1 Å². The van der Waals surface area contributed by atoms with Crippen molar-refractivity contribution >= 4 is 17.7 Å². The van der Waals surface area contributed by atoms with Gasteiger partial charge in [0.15, 0.2) is 0 Å². The number of hydrogen-bond acceptors (Lipinski definition) is 3. The second-order valence-electron chi connectivity index (χ2n) is 2.41. The van der Waals surface area contributed by atoms with E-state index in [2.05, 4.69) is 4.98 Å². The summed E-state index contributed by atoms with van der Waals surface area (Å²) in [6.45, 7) is 1.55. The first-order valence-electron chi connectivity index (χ1n) is 3.60. The van der Waals surface area contributed by atoms with Crippen molar-refractivity contribution < 1.29 is 14.3 Å². The van der Waals surface area contributed by atoms with E-state index in [4.69, 9.17) is 5.11 Å². The molecule has 0 aliphatic carbocycles. The molecule has 1 atom stereocenters. The molecule has 0 bridgehead atoms. The van der Waals surface area contributed by atoms with Gasteiger partial charge in [-0.05, 0) is 19.1 Å². The molecule has 1 rings (SSSR count). The average molecular weight is 201 g/mol. The van der Waals surface area contributed by atoms with Crippen molar-refractivity contribution in [1.82, 2.24) is 4.98 Å². The van der Waals surface area contributed by atoms with Gasteiger partial charge in [0.2, 0.25) is 0 Å². The van der Waals surface area contributed by atoms with E-state index < -0.39 is 17.0 Å². The Morgan fingerprint density at radius 1 is 1.69 bits per heavy atom. The first-order chi connectivity index (χ1) is 6.09. The van der Waals surface area contributed by atoms with E-state index in [1.807, 2.05) is 0 Å². The molecule has 1 heterocycles. The van der Waals surface area contributed by atoms with Gasteiger partial charge in [0, 0.05) is 0 Å². The highest BCUT2D eigenvalue weighted by atomic mass is 32.2. The summed E-state index contributed by atoms with van der Waals surface area (Å²) in [5.74, 6) is -1.33. The summed E-state index contributed by atoms with van der Waals surface area (Å²) in [5, 5.41) is 8.51. The molecular weight excluding hydrogens is 193 g/mol. The number of carboxylic acids is 1. The number of pyridine rings is 1. The van der Waals surface area contributed by atoms with Gasteiger partial charge in [0.05, 0.1) is 11.2 Å². The number of rotatable bonds is 3. The van der Waals surface area contributed by atoms with Crippen LogP contribution >= 0.6 is 11.8 Å². The fourth-order valence-corrected chi connectivity index (χ4v) is 1.39. The zero-order valence-corrected chi connectivity index (χ0v) is 7.71. The average Bonchev–Trinajstić information content (AvgIpc) is 2.08. The highest BCUT2D eigenvalue weighted by molar-refractivity contribution is 8.00. The number of carbonyl (C=O) groups is 1. The molecule has 1 unspecified atom stereocenters. The minimum Gasteiger partial charge on any atom is -0.480 e. The van der Waals surface area contributed by atoms with Gasteiger partial charge in [-0.25, -0.2) is 9.37 Å². The van der Waals surface area contributed by atoms with E-state index >= 15 is 0 Å². The van der Waals surface area contributed by atoms with Crippen LogP contribution in [0, 0.1) is 5.82 Å². The predicted molar refractivity (Wildman–Crippen MR) is 47.1 cm³/mol.